The molecule has 0 heterocycles. The second-order valence-corrected chi connectivity index (χ2v) is 4.46. The number of allylic oxidation sites excluding steroid dienone is 2. The standard InChI is InChI=1S/C13H25N/c1-8-12(6)13(10(2)3)9-14(7)11(4)5/h9-11H,6,8H2,1-5,7H3/b13-9-. The molecule has 0 atom stereocenters. The van der Waals surface area contributed by atoms with Crippen molar-refractivity contribution in [2.45, 2.75) is 47.1 Å². The zero-order valence-corrected chi connectivity index (χ0v) is 10.6. The fourth-order valence-electron chi connectivity index (χ4n) is 1.22. The van der Waals surface area contributed by atoms with Crippen LogP contribution in [0.1, 0.15) is 41.0 Å². The van der Waals surface area contributed by atoms with Crippen molar-refractivity contribution in [3.05, 3.63) is 23.9 Å². The zero-order chi connectivity index (χ0) is 11.3. The van der Waals surface area contributed by atoms with Crippen molar-refractivity contribution in [3.8, 4) is 0 Å². The first kappa shape index (κ1) is 13.3. The molecule has 1 heteroatoms. The summed E-state index contributed by atoms with van der Waals surface area (Å²) in [6, 6.07) is 0.549. The lowest BCUT2D eigenvalue weighted by Crippen LogP contribution is -2.21. The van der Waals surface area contributed by atoms with Gasteiger partial charge in [-0.1, -0.05) is 32.9 Å². The molecule has 0 aliphatic heterocycles. The van der Waals surface area contributed by atoms with Crippen molar-refractivity contribution in [2.75, 3.05) is 7.05 Å². The van der Waals surface area contributed by atoms with E-state index in [2.05, 4.69) is 59.3 Å². The molecule has 0 aromatic rings. The number of hydrogen-bond acceptors (Lipinski definition) is 1. The Morgan fingerprint density at radius 1 is 1.29 bits per heavy atom. The molecule has 0 aliphatic carbocycles. The van der Waals surface area contributed by atoms with E-state index >= 15 is 0 Å². The monoisotopic (exact) mass is 195 g/mol. The van der Waals surface area contributed by atoms with Gasteiger partial charge in [-0.25, -0.2) is 0 Å². The molecule has 0 saturated heterocycles. The topological polar surface area (TPSA) is 3.24 Å². The van der Waals surface area contributed by atoms with E-state index in [4.69, 9.17) is 0 Å². The van der Waals surface area contributed by atoms with E-state index in [0.29, 0.717) is 12.0 Å². The van der Waals surface area contributed by atoms with Crippen molar-refractivity contribution in [2.24, 2.45) is 5.92 Å². The molecule has 0 aromatic carbocycles. The van der Waals surface area contributed by atoms with Gasteiger partial charge in [0.25, 0.3) is 0 Å². The highest BCUT2D eigenvalue weighted by molar-refractivity contribution is 5.29. The maximum absolute atomic E-state index is 4.11. The van der Waals surface area contributed by atoms with Crippen molar-refractivity contribution in [1.29, 1.82) is 0 Å². The summed E-state index contributed by atoms with van der Waals surface area (Å²) >= 11 is 0. The molecule has 0 aromatic heterocycles. The number of rotatable bonds is 5. The SMILES string of the molecule is C=C(CC)/C(=C\N(C)C(C)C)C(C)C. The summed E-state index contributed by atoms with van der Waals surface area (Å²) in [6.07, 6.45) is 3.27. The molecule has 0 aliphatic rings. The van der Waals surface area contributed by atoms with Gasteiger partial charge in [0.1, 0.15) is 0 Å². The molecule has 0 rings (SSSR count). The highest BCUT2D eigenvalue weighted by Crippen LogP contribution is 2.21. The van der Waals surface area contributed by atoms with Crippen LogP contribution in [0, 0.1) is 5.92 Å². The third-order valence-corrected chi connectivity index (χ3v) is 2.61. The van der Waals surface area contributed by atoms with Gasteiger partial charge in [0, 0.05) is 19.3 Å². The lowest BCUT2D eigenvalue weighted by molar-refractivity contribution is 0.370. The lowest BCUT2D eigenvalue weighted by Gasteiger charge is -2.23. The van der Waals surface area contributed by atoms with E-state index in [0.717, 1.165) is 6.42 Å². The third kappa shape index (κ3) is 3.99. The molecule has 14 heavy (non-hydrogen) atoms. The summed E-state index contributed by atoms with van der Waals surface area (Å²) in [6.45, 7) is 15.1. The van der Waals surface area contributed by atoms with Crippen molar-refractivity contribution in [1.82, 2.24) is 4.90 Å². The van der Waals surface area contributed by atoms with E-state index in [-0.39, 0.29) is 0 Å². The van der Waals surface area contributed by atoms with Crippen LogP contribution in [0.25, 0.3) is 0 Å². The minimum Gasteiger partial charge on any atom is -0.378 e. The molecule has 82 valence electrons. The minimum atomic E-state index is 0.549. The molecule has 0 unspecified atom stereocenters. The normalized spacial score (nSPS) is 12.4. The van der Waals surface area contributed by atoms with Crippen LogP contribution < -0.4 is 0 Å². The molecular weight excluding hydrogens is 170 g/mol. The Hall–Kier alpha value is -0.720. The van der Waals surface area contributed by atoms with Crippen molar-refractivity contribution < 1.29 is 0 Å². The molecule has 0 spiro atoms. The van der Waals surface area contributed by atoms with E-state index in [1.54, 1.807) is 0 Å². The predicted molar refractivity (Wildman–Crippen MR) is 65.3 cm³/mol. The van der Waals surface area contributed by atoms with E-state index in [1.807, 2.05) is 0 Å². The summed E-state index contributed by atoms with van der Waals surface area (Å²) in [4.78, 5) is 2.25. The Morgan fingerprint density at radius 3 is 2.07 bits per heavy atom. The lowest BCUT2D eigenvalue weighted by atomic mass is 9.95. The molecule has 0 saturated carbocycles. The van der Waals surface area contributed by atoms with Crippen LogP contribution in [0.15, 0.2) is 23.9 Å². The first-order valence-electron chi connectivity index (χ1n) is 5.51. The Bertz CT molecular complexity index is 211. The second-order valence-electron chi connectivity index (χ2n) is 4.46. The van der Waals surface area contributed by atoms with Crippen LogP contribution in [0.4, 0.5) is 0 Å². The maximum atomic E-state index is 4.11. The van der Waals surface area contributed by atoms with Gasteiger partial charge in [0.05, 0.1) is 0 Å². The Labute approximate surface area is 89.5 Å². The molecular formula is C13H25N. The first-order chi connectivity index (χ1) is 6.40. The van der Waals surface area contributed by atoms with Crippen molar-refractivity contribution >= 4 is 0 Å². The highest BCUT2D eigenvalue weighted by Gasteiger charge is 2.08. The number of nitrogens with zero attached hydrogens (tertiary/aromatic N) is 1. The van der Waals surface area contributed by atoms with Gasteiger partial charge in [0.15, 0.2) is 0 Å². The van der Waals surface area contributed by atoms with E-state index in [1.165, 1.54) is 11.1 Å². The quantitative estimate of drug-likeness (QED) is 0.603. The average molecular weight is 195 g/mol. The van der Waals surface area contributed by atoms with Crippen LogP contribution in [0.3, 0.4) is 0 Å². The van der Waals surface area contributed by atoms with Crippen LogP contribution in [-0.4, -0.2) is 18.0 Å². The minimum absolute atomic E-state index is 0.549. The maximum Gasteiger partial charge on any atom is 0.0224 e. The Morgan fingerprint density at radius 2 is 1.79 bits per heavy atom. The van der Waals surface area contributed by atoms with Gasteiger partial charge in [0.2, 0.25) is 0 Å². The summed E-state index contributed by atoms with van der Waals surface area (Å²) in [5, 5.41) is 0. The molecule has 0 radical (unpaired) electrons. The van der Waals surface area contributed by atoms with Gasteiger partial charge in [-0.2, -0.15) is 0 Å². The smallest absolute Gasteiger partial charge is 0.0224 e. The average Bonchev–Trinajstić information content (AvgIpc) is 2.11. The van der Waals surface area contributed by atoms with Gasteiger partial charge in [-0.05, 0) is 31.8 Å². The van der Waals surface area contributed by atoms with Crippen LogP contribution in [0.2, 0.25) is 0 Å². The van der Waals surface area contributed by atoms with Crippen LogP contribution in [0.5, 0.6) is 0 Å². The fraction of sp³-hybridized carbons (Fsp3) is 0.692. The van der Waals surface area contributed by atoms with Gasteiger partial charge in [-0.15, -0.1) is 0 Å². The van der Waals surface area contributed by atoms with Gasteiger partial charge in [-0.3, -0.25) is 0 Å². The molecule has 0 fully saturated rings. The third-order valence-electron chi connectivity index (χ3n) is 2.61. The summed E-state index contributed by atoms with van der Waals surface area (Å²) < 4.78 is 0. The van der Waals surface area contributed by atoms with E-state index < -0.39 is 0 Å². The van der Waals surface area contributed by atoms with Gasteiger partial charge >= 0.3 is 0 Å². The summed E-state index contributed by atoms with van der Waals surface area (Å²) in [7, 11) is 2.12. The van der Waals surface area contributed by atoms with Crippen LogP contribution >= 0.6 is 0 Å². The summed E-state index contributed by atoms with van der Waals surface area (Å²) in [5.74, 6) is 0.559. The van der Waals surface area contributed by atoms with Crippen molar-refractivity contribution in [3.63, 3.8) is 0 Å². The Kier molecular flexibility index (Phi) is 5.59. The summed E-state index contributed by atoms with van der Waals surface area (Å²) in [5.41, 5.74) is 2.64. The predicted octanol–water partition coefficient (Wildman–Crippen LogP) is 3.83. The highest BCUT2D eigenvalue weighted by atomic mass is 15.1. The fourth-order valence-corrected chi connectivity index (χ4v) is 1.22. The van der Waals surface area contributed by atoms with E-state index in [9.17, 15) is 0 Å². The molecule has 0 N–H and O–H groups in total. The van der Waals surface area contributed by atoms with Gasteiger partial charge < -0.3 is 4.90 Å². The Balaban J connectivity index is 4.73. The first-order valence-corrected chi connectivity index (χ1v) is 5.51. The molecule has 1 nitrogen and oxygen atoms in total. The second kappa shape index (κ2) is 5.90. The number of hydrogen-bond donors (Lipinski definition) is 0. The molecule has 0 amide bonds. The largest absolute Gasteiger partial charge is 0.378 e. The zero-order valence-electron chi connectivity index (χ0n) is 10.6. The molecule has 0 bridgehead atoms. The van der Waals surface area contributed by atoms with Crippen LogP contribution in [-0.2, 0) is 0 Å².